The predicted molar refractivity (Wildman–Crippen MR) is 93.5 cm³/mol. The van der Waals surface area contributed by atoms with E-state index in [0.29, 0.717) is 30.5 Å². The summed E-state index contributed by atoms with van der Waals surface area (Å²) in [5.74, 6) is 1.33. The minimum absolute atomic E-state index is 0.0289. The first-order valence-corrected chi connectivity index (χ1v) is 8.81. The van der Waals surface area contributed by atoms with Crippen LogP contribution in [0.3, 0.4) is 0 Å². The van der Waals surface area contributed by atoms with Crippen molar-refractivity contribution in [3.63, 3.8) is 0 Å². The molecule has 1 aliphatic heterocycles. The number of nitrogens with zero attached hydrogens (tertiary/aromatic N) is 1. The van der Waals surface area contributed by atoms with Crippen molar-refractivity contribution in [2.75, 3.05) is 26.0 Å². The summed E-state index contributed by atoms with van der Waals surface area (Å²) in [7, 11) is 1.62. The van der Waals surface area contributed by atoms with E-state index in [9.17, 15) is 4.79 Å². The molecule has 1 atom stereocenters. The van der Waals surface area contributed by atoms with Gasteiger partial charge in [0.2, 0.25) is 5.91 Å². The van der Waals surface area contributed by atoms with E-state index in [1.165, 1.54) is 11.3 Å². The average molecular weight is 347 g/mol. The maximum Gasteiger partial charge on any atom is 0.226 e. The molecule has 3 N–H and O–H groups in total. The van der Waals surface area contributed by atoms with Crippen LogP contribution in [-0.2, 0) is 17.6 Å². The van der Waals surface area contributed by atoms with Crippen LogP contribution in [0.5, 0.6) is 11.5 Å². The van der Waals surface area contributed by atoms with E-state index in [1.54, 1.807) is 7.11 Å². The number of amides is 1. The Kier molecular flexibility index (Phi) is 5.20. The Hall–Kier alpha value is -2.28. The molecule has 2 heterocycles. The lowest BCUT2D eigenvalue weighted by Crippen LogP contribution is -2.37. The molecule has 0 saturated carbocycles. The van der Waals surface area contributed by atoms with E-state index in [-0.39, 0.29) is 11.8 Å². The SMILES string of the molecule is COc1cccc2c1OC[C@H](C(=O)NCCCc1csc(N)n1)C2. The van der Waals surface area contributed by atoms with E-state index in [4.69, 9.17) is 15.2 Å². The van der Waals surface area contributed by atoms with Crippen molar-refractivity contribution in [2.24, 2.45) is 5.92 Å². The van der Waals surface area contributed by atoms with Crippen molar-refractivity contribution in [3.05, 3.63) is 34.8 Å². The van der Waals surface area contributed by atoms with Gasteiger partial charge in [0.05, 0.1) is 18.7 Å². The summed E-state index contributed by atoms with van der Waals surface area (Å²) in [6.07, 6.45) is 2.32. The Labute approximate surface area is 145 Å². The topological polar surface area (TPSA) is 86.5 Å². The van der Waals surface area contributed by atoms with Crippen molar-refractivity contribution in [1.29, 1.82) is 0 Å². The molecule has 2 aromatic rings. The van der Waals surface area contributed by atoms with Crippen molar-refractivity contribution < 1.29 is 14.3 Å². The molecular formula is C17H21N3O3S. The number of para-hydroxylation sites is 1. The van der Waals surface area contributed by atoms with Gasteiger partial charge in [0, 0.05) is 11.9 Å². The Morgan fingerprint density at radius 1 is 1.54 bits per heavy atom. The van der Waals surface area contributed by atoms with Crippen LogP contribution in [0.2, 0.25) is 0 Å². The first-order chi connectivity index (χ1) is 11.7. The number of nitrogens with two attached hydrogens (primary N) is 1. The number of carbonyl (C=O) groups is 1. The van der Waals surface area contributed by atoms with Gasteiger partial charge in [-0.15, -0.1) is 11.3 Å². The third-order valence-corrected chi connectivity index (χ3v) is 4.75. The van der Waals surface area contributed by atoms with Crippen LogP contribution in [-0.4, -0.2) is 31.2 Å². The number of methoxy groups -OCH3 is 1. The molecule has 3 rings (SSSR count). The molecule has 1 aliphatic rings. The van der Waals surface area contributed by atoms with E-state index < -0.39 is 0 Å². The average Bonchev–Trinajstić information content (AvgIpc) is 3.02. The highest BCUT2D eigenvalue weighted by molar-refractivity contribution is 7.13. The van der Waals surface area contributed by atoms with Gasteiger partial charge in [0.15, 0.2) is 16.6 Å². The summed E-state index contributed by atoms with van der Waals surface area (Å²) in [5, 5.41) is 5.52. The normalized spacial score (nSPS) is 16.1. The number of benzene rings is 1. The molecule has 6 nitrogen and oxygen atoms in total. The van der Waals surface area contributed by atoms with Gasteiger partial charge in [-0.3, -0.25) is 4.79 Å². The predicted octanol–water partition coefficient (Wildman–Crippen LogP) is 2.03. The number of nitrogen functional groups attached to an aromatic ring is 1. The summed E-state index contributed by atoms with van der Waals surface area (Å²) in [6, 6.07) is 5.76. The number of nitrogens with one attached hydrogen (secondary N) is 1. The molecule has 1 amide bonds. The van der Waals surface area contributed by atoms with Crippen molar-refractivity contribution in [3.8, 4) is 11.5 Å². The van der Waals surface area contributed by atoms with Gasteiger partial charge in [-0.25, -0.2) is 4.98 Å². The number of anilines is 1. The van der Waals surface area contributed by atoms with Gasteiger partial charge in [0.25, 0.3) is 0 Å². The summed E-state index contributed by atoms with van der Waals surface area (Å²) >= 11 is 1.44. The lowest BCUT2D eigenvalue weighted by Gasteiger charge is -2.25. The molecule has 0 bridgehead atoms. The highest BCUT2D eigenvalue weighted by Gasteiger charge is 2.27. The molecule has 7 heteroatoms. The number of carbonyl (C=O) groups excluding carboxylic acids is 1. The fraction of sp³-hybridized carbons (Fsp3) is 0.412. The Morgan fingerprint density at radius 2 is 2.42 bits per heavy atom. The number of thiazole rings is 1. The van der Waals surface area contributed by atoms with Crippen LogP contribution in [0.15, 0.2) is 23.6 Å². The monoisotopic (exact) mass is 347 g/mol. The number of fused-ring (bicyclic) bond motifs is 1. The van der Waals surface area contributed by atoms with Gasteiger partial charge >= 0.3 is 0 Å². The Balaban J connectivity index is 1.47. The molecule has 0 aliphatic carbocycles. The third kappa shape index (κ3) is 3.79. The van der Waals surface area contributed by atoms with E-state index in [2.05, 4.69) is 10.3 Å². The Bertz CT molecular complexity index is 717. The summed E-state index contributed by atoms with van der Waals surface area (Å²) in [4.78, 5) is 16.5. The second kappa shape index (κ2) is 7.53. The van der Waals surface area contributed by atoms with Crippen LogP contribution >= 0.6 is 11.3 Å². The summed E-state index contributed by atoms with van der Waals surface area (Å²) in [6.45, 7) is 1.000. The molecule has 0 saturated heterocycles. The first kappa shape index (κ1) is 16.6. The van der Waals surface area contributed by atoms with E-state index in [1.807, 2.05) is 23.6 Å². The van der Waals surface area contributed by atoms with Gasteiger partial charge in [-0.2, -0.15) is 0 Å². The van der Waals surface area contributed by atoms with Crippen molar-refractivity contribution in [2.45, 2.75) is 19.3 Å². The number of hydrogen-bond donors (Lipinski definition) is 2. The smallest absolute Gasteiger partial charge is 0.226 e. The second-order valence-corrected chi connectivity index (χ2v) is 6.62. The third-order valence-electron chi connectivity index (χ3n) is 4.02. The standard InChI is InChI=1S/C17H21N3O3S/c1-22-14-6-2-4-11-8-12(9-23-15(11)14)16(21)19-7-3-5-13-10-24-17(18)20-13/h2,4,6,10,12H,3,5,7-9H2,1H3,(H2,18,20)(H,19,21)/t12-/m1/s1. The second-order valence-electron chi connectivity index (χ2n) is 5.73. The molecule has 128 valence electrons. The number of aromatic nitrogens is 1. The quantitative estimate of drug-likeness (QED) is 0.781. The molecule has 1 aromatic carbocycles. The van der Waals surface area contributed by atoms with Gasteiger partial charge < -0.3 is 20.5 Å². The lowest BCUT2D eigenvalue weighted by molar-refractivity contribution is -0.126. The largest absolute Gasteiger partial charge is 0.493 e. The molecule has 0 spiro atoms. The van der Waals surface area contributed by atoms with Crippen LogP contribution < -0.4 is 20.5 Å². The summed E-state index contributed by atoms with van der Waals surface area (Å²) in [5.41, 5.74) is 7.60. The van der Waals surface area contributed by atoms with Gasteiger partial charge in [0.1, 0.15) is 6.61 Å². The molecule has 0 radical (unpaired) electrons. The lowest BCUT2D eigenvalue weighted by atomic mass is 9.95. The first-order valence-electron chi connectivity index (χ1n) is 7.93. The van der Waals surface area contributed by atoms with Crippen LogP contribution in [0.1, 0.15) is 17.7 Å². The number of rotatable bonds is 6. The minimum Gasteiger partial charge on any atom is -0.493 e. The molecular weight excluding hydrogens is 326 g/mol. The fourth-order valence-corrected chi connectivity index (χ4v) is 3.38. The van der Waals surface area contributed by atoms with E-state index in [0.717, 1.165) is 29.8 Å². The van der Waals surface area contributed by atoms with Crippen molar-refractivity contribution >= 4 is 22.4 Å². The minimum atomic E-state index is -0.167. The molecule has 0 fully saturated rings. The van der Waals surface area contributed by atoms with Crippen LogP contribution in [0.25, 0.3) is 0 Å². The van der Waals surface area contributed by atoms with Crippen molar-refractivity contribution in [1.82, 2.24) is 10.3 Å². The molecule has 1 aromatic heterocycles. The number of hydrogen-bond acceptors (Lipinski definition) is 6. The Morgan fingerprint density at radius 3 is 3.17 bits per heavy atom. The summed E-state index contributed by atoms with van der Waals surface area (Å²) < 4.78 is 11.0. The number of aryl methyl sites for hydroxylation is 1. The molecule has 0 unspecified atom stereocenters. The maximum atomic E-state index is 12.3. The zero-order valence-electron chi connectivity index (χ0n) is 13.6. The van der Waals surface area contributed by atoms with Gasteiger partial charge in [-0.1, -0.05) is 12.1 Å². The van der Waals surface area contributed by atoms with Crippen LogP contribution in [0.4, 0.5) is 5.13 Å². The van der Waals surface area contributed by atoms with Gasteiger partial charge in [-0.05, 0) is 30.9 Å². The zero-order valence-corrected chi connectivity index (χ0v) is 14.4. The molecule has 24 heavy (non-hydrogen) atoms. The number of ether oxygens (including phenoxy) is 2. The van der Waals surface area contributed by atoms with E-state index >= 15 is 0 Å². The maximum absolute atomic E-state index is 12.3. The highest BCUT2D eigenvalue weighted by Crippen LogP contribution is 2.35. The highest BCUT2D eigenvalue weighted by atomic mass is 32.1. The zero-order chi connectivity index (χ0) is 16.9. The van der Waals surface area contributed by atoms with Crippen LogP contribution in [0, 0.1) is 5.92 Å². The fourth-order valence-electron chi connectivity index (χ4n) is 2.79.